The molecule has 0 aromatic carbocycles. The zero-order valence-corrected chi connectivity index (χ0v) is 20.5. The van der Waals surface area contributed by atoms with Crippen LogP contribution < -0.4 is 0 Å². The molecular weight excluding hydrogens is 452 g/mol. The summed E-state index contributed by atoms with van der Waals surface area (Å²) >= 11 is 0. The Labute approximate surface area is 174 Å². The Balaban J connectivity index is 0. The summed E-state index contributed by atoms with van der Waals surface area (Å²) in [5.41, 5.74) is -5.53. The first kappa shape index (κ1) is 31.2. The van der Waals surface area contributed by atoms with Gasteiger partial charge in [0.25, 0.3) is 0 Å². The Kier molecular flexibility index (Phi) is 15.3. The number of alkyl halides is 3. The van der Waals surface area contributed by atoms with Crippen LogP contribution in [0.4, 0.5) is 13.2 Å². The van der Waals surface area contributed by atoms with E-state index in [-0.39, 0.29) is 0 Å². The summed E-state index contributed by atoms with van der Waals surface area (Å²) in [5, 5.41) is -0.603. The topological polar surface area (TPSA) is 109 Å². The number of rotatable bonds is 13. The second kappa shape index (κ2) is 14.2. The van der Waals surface area contributed by atoms with Crippen LogP contribution in [-0.4, -0.2) is 61.3 Å². The van der Waals surface area contributed by atoms with E-state index in [2.05, 4.69) is 20.8 Å². The van der Waals surface area contributed by atoms with Gasteiger partial charge in [-0.2, -0.15) is 21.6 Å². The van der Waals surface area contributed by atoms with Gasteiger partial charge in [-0.15, -0.1) is 0 Å². The van der Waals surface area contributed by atoms with Gasteiger partial charge in [0.2, 0.25) is 0 Å². The fraction of sp³-hybridized carbons (Fsp3) is 1.00. The van der Waals surface area contributed by atoms with E-state index in [1.807, 2.05) is 0 Å². The van der Waals surface area contributed by atoms with Crippen LogP contribution in [-0.2, 0) is 20.2 Å². The quantitative estimate of drug-likeness (QED) is 0.209. The molecule has 1 unspecified atom stereocenters. The molecule has 0 radical (unpaired) electrons. The Morgan fingerprint density at radius 3 is 1.31 bits per heavy atom. The summed E-state index contributed by atoms with van der Waals surface area (Å²) in [6.45, 7) is 8.35. The van der Waals surface area contributed by atoms with Crippen molar-refractivity contribution in [1.82, 2.24) is 0 Å². The molecule has 0 spiro atoms. The molecule has 29 heavy (non-hydrogen) atoms. The SMILES string of the molecule is CCCC[PH](CCCC)(CCCC)CCC(C)S(=O)(=O)O.O=S(=O)(O)C(F)(F)F. The first-order valence-electron chi connectivity index (χ1n) is 10.1. The van der Waals surface area contributed by atoms with E-state index in [9.17, 15) is 26.1 Å². The minimum Gasteiger partial charge on any atom is -0.279 e. The molecule has 6 nitrogen and oxygen atoms in total. The number of halogens is 3. The molecule has 180 valence electrons. The molecule has 2 N–H and O–H groups in total. The van der Waals surface area contributed by atoms with Gasteiger partial charge in [0.05, 0.1) is 0 Å². The van der Waals surface area contributed by atoms with Crippen LogP contribution in [0.3, 0.4) is 0 Å². The first-order valence-corrected chi connectivity index (χ1v) is 15.8. The van der Waals surface area contributed by atoms with Crippen molar-refractivity contribution in [3.8, 4) is 0 Å². The van der Waals surface area contributed by atoms with Crippen molar-refractivity contribution in [2.75, 3.05) is 24.6 Å². The van der Waals surface area contributed by atoms with Crippen LogP contribution in [0.25, 0.3) is 0 Å². The molecule has 0 saturated heterocycles. The molecule has 12 heteroatoms. The predicted octanol–water partition coefficient (Wildman–Crippen LogP) is 5.20. The van der Waals surface area contributed by atoms with E-state index >= 15 is 0 Å². The van der Waals surface area contributed by atoms with Crippen molar-refractivity contribution in [1.29, 1.82) is 0 Å². The van der Waals surface area contributed by atoms with Crippen LogP contribution in [0.1, 0.15) is 72.6 Å². The molecule has 0 saturated carbocycles. The molecule has 0 aliphatic carbocycles. The van der Waals surface area contributed by atoms with Crippen LogP contribution in [0.5, 0.6) is 0 Å². The summed E-state index contributed by atoms with van der Waals surface area (Å²) in [6.07, 6.45) is 13.2. The van der Waals surface area contributed by atoms with E-state index in [4.69, 9.17) is 13.0 Å². The summed E-state index contributed by atoms with van der Waals surface area (Å²) in [7, 11) is -11.1. The smallest absolute Gasteiger partial charge is 0.279 e. The fourth-order valence-electron chi connectivity index (χ4n) is 3.06. The van der Waals surface area contributed by atoms with Crippen LogP contribution in [0.15, 0.2) is 0 Å². The molecule has 0 aromatic rings. The van der Waals surface area contributed by atoms with Gasteiger partial charge >= 0.3 is 149 Å². The fourth-order valence-corrected chi connectivity index (χ4v) is 9.54. The maximum Gasteiger partial charge on any atom is 0.522 e. The molecule has 0 bridgehead atoms. The summed E-state index contributed by atoms with van der Waals surface area (Å²) < 4.78 is 89.3. The Hall–Kier alpha value is 0.0400. The molecule has 0 rings (SSSR count). The van der Waals surface area contributed by atoms with Gasteiger partial charge in [-0.05, 0) is 0 Å². The van der Waals surface area contributed by atoms with Gasteiger partial charge < -0.3 is 0 Å². The standard InChI is InChI=1S/C16H37O3PS.CHF3O3S/c1-5-8-12-20(13-9-6-2,14-10-7-3)15-11-16(4)21(17,18)19;2-1(3,4)8(5,6)7/h16,20H,5-15H2,1-4H3,(H,17,18,19);(H,5,6,7). The Bertz CT molecular complexity index is 614. The van der Waals surface area contributed by atoms with Crippen molar-refractivity contribution in [3.63, 3.8) is 0 Å². The minimum absolute atomic E-state index is 0.603. The molecule has 0 fully saturated rings. The Morgan fingerprint density at radius 2 is 1.10 bits per heavy atom. The number of hydrogen-bond donors (Lipinski definition) is 2. The zero-order valence-electron chi connectivity index (χ0n) is 17.8. The largest absolute Gasteiger partial charge is 0.522 e. The van der Waals surface area contributed by atoms with E-state index in [0.29, 0.717) is 6.42 Å². The summed E-state index contributed by atoms with van der Waals surface area (Å²) in [5.74, 6) is 0. The molecule has 0 amide bonds. The average Bonchev–Trinajstić information content (AvgIpc) is 2.58. The molecule has 0 heterocycles. The molecular formula is C17H38F3O6PS2. The normalized spacial score (nSPS) is 14.8. The third-order valence-electron chi connectivity index (χ3n) is 5.06. The molecule has 0 aliphatic rings. The van der Waals surface area contributed by atoms with E-state index in [0.717, 1.165) is 6.16 Å². The van der Waals surface area contributed by atoms with Crippen molar-refractivity contribution >= 4 is 27.5 Å². The van der Waals surface area contributed by atoms with Gasteiger partial charge in [-0.1, -0.05) is 0 Å². The second-order valence-corrected chi connectivity index (χ2v) is 15.8. The van der Waals surface area contributed by atoms with Crippen molar-refractivity contribution in [2.24, 2.45) is 0 Å². The van der Waals surface area contributed by atoms with Gasteiger partial charge in [-0.3, -0.25) is 4.55 Å². The van der Waals surface area contributed by atoms with Crippen molar-refractivity contribution < 1.29 is 39.1 Å². The third kappa shape index (κ3) is 14.6. The maximum absolute atomic E-state index is 11.3. The number of unbranched alkanes of at least 4 members (excludes halogenated alkanes) is 3. The van der Waals surface area contributed by atoms with E-state index in [1.54, 1.807) is 6.92 Å². The summed E-state index contributed by atoms with van der Waals surface area (Å²) in [6, 6.07) is 0. The minimum atomic E-state index is -5.84. The Morgan fingerprint density at radius 1 is 0.793 bits per heavy atom. The van der Waals surface area contributed by atoms with Gasteiger partial charge in [-0.25, -0.2) is 0 Å². The number of hydrogen-bond acceptors (Lipinski definition) is 4. The van der Waals surface area contributed by atoms with Crippen LogP contribution in [0.2, 0.25) is 0 Å². The maximum atomic E-state index is 11.3. The van der Waals surface area contributed by atoms with Crippen LogP contribution in [0, 0.1) is 0 Å². The zero-order chi connectivity index (χ0) is 23.4. The summed E-state index contributed by atoms with van der Waals surface area (Å²) in [4.78, 5) is 0. The van der Waals surface area contributed by atoms with E-state index < -0.39 is 38.3 Å². The molecule has 0 aliphatic heterocycles. The first-order chi connectivity index (χ1) is 13.1. The second-order valence-electron chi connectivity index (χ2n) is 7.60. The monoisotopic (exact) mass is 490 g/mol. The van der Waals surface area contributed by atoms with Crippen LogP contribution >= 0.6 is 7.26 Å². The molecule has 0 aromatic heterocycles. The third-order valence-corrected chi connectivity index (χ3v) is 12.5. The average molecular weight is 491 g/mol. The van der Waals surface area contributed by atoms with Crippen molar-refractivity contribution in [2.45, 2.75) is 83.4 Å². The van der Waals surface area contributed by atoms with E-state index in [1.165, 1.54) is 57.0 Å². The predicted molar refractivity (Wildman–Crippen MR) is 116 cm³/mol. The van der Waals surface area contributed by atoms with Gasteiger partial charge in [0.1, 0.15) is 0 Å². The molecule has 1 atom stereocenters. The van der Waals surface area contributed by atoms with Gasteiger partial charge in [0.15, 0.2) is 0 Å². The van der Waals surface area contributed by atoms with Gasteiger partial charge in [0, 0.05) is 0 Å². The van der Waals surface area contributed by atoms with Crippen molar-refractivity contribution in [3.05, 3.63) is 0 Å².